The Balaban J connectivity index is 3.38. The molecule has 0 rings (SSSR count). The highest BCUT2D eigenvalue weighted by Crippen LogP contribution is 2.19. The van der Waals surface area contributed by atoms with Crippen LogP contribution in [0, 0.1) is 0 Å². The van der Waals surface area contributed by atoms with Crippen LogP contribution in [0.25, 0.3) is 0 Å². The lowest BCUT2D eigenvalue weighted by Gasteiger charge is -2.22. The fourth-order valence-corrected chi connectivity index (χ4v) is 9.66. The maximum Gasteiger partial charge on any atom is 0.220 e. The van der Waals surface area contributed by atoms with Crippen LogP contribution in [-0.4, -0.2) is 34.9 Å². The SMILES string of the molecule is CCCCCCCCCCCCCCCCCCCCCCCCCCCCCCCC(O)C(CO)NC(=O)CCCCCCCCCCCCCCCCCCCCCCC. The van der Waals surface area contributed by atoms with Crippen molar-refractivity contribution in [2.45, 2.75) is 360 Å². The lowest BCUT2D eigenvalue weighted by Crippen LogP contribution is -2.45. The molecule has 372 valence electrons. The molecule has 0 aliphatic carbocycles. The van der Waals surface area contributed by atoms with E-state index in [0.717, 1.165) is 25.7 Å². The summed E-state index contributed by atoms with van der Waals surface area (Å²) in [6.45, 7) is 4.41. The van der Waals surface area contributed by atoms with Crippen molar-refractivity contribution >= 4 is 5.91 Å². The Hall–Kier alpha value is -0.610. The number of carbonyl (C=O) groups excluding carboxylic acids is 1. The van der Waals surface area contributed by atoms with E-state index in [1.165, 1.54) is 295 Å². The second kappa shape index (κ2) is 54.7. The van der Waals surface area contributed by atoms with Gasteiger partial charge < -0.3 is 15.5 Å². The first-order valence-corrected chi connectivity index (χ1v) is 29.2. The van der Waals surface area contributed by atoms with Crippen molar-refractivity contribution in [2.24, 2.45) is 0 Å². The number of nitrogens with one attached hydrogen (secondary N) is 1. The predicted molar refractivity (Wildman–Crippen MR) is 276 cm³/mol. The monoisotopic (exact) mass is 876 g/mol. The van der Waals surface area contributed by atoms with Gasteiger partial charge in [0.15, 0.2) is 0 Å². The number of aliphatic hydroxyl groups is 2. The molecule has 0 saturated carbocycles. The standard InChI is InChI=1S/C58H117NO3/c1-3-5-7-9-11-13-15-17-19-21-23-25-26-27-28-29-30-31-32-34-35-37-39-41-43-45-47-49-51-53-57(61)56(55-60)59-58(62)54-52-50-48-46-44-42-40-38-36-33-24-22-20-18-16-14-12-10-8-6-4-2/h56-57,60-61H,3-55H2,1-2H3,(H,59,62). The minimum atomic E-state index is -0.655. The first-order chi connectivity index (χ1) is 30.7. The van der Waals surface area contributed by atoms with Gasteiger partial charge in [-0.25, -0.2) is 0 Å². The fourth-order valence-electron chi connectivity index (χ4n) is 9.66. The zero-order valence-electron chi connectivity index (χ0n) is 42.9. The number of unbranched alkanes of at least 4 members (excludes halogenated alkanes) is 48. The number of carbonyl (C=O) groups is 1. The normalized spacial score (nSPS) is 12.6. The summed E-state index contributed by atoms with van der Waals surface area (Å²) in [5, 5.41) is 23.4. The highest BCUT2D eigenvalue weighted by Gasteiger charge is 2.20. The topological polar surface area (TPSA) is 69.6 Å². The lowest BCUT2D eigenvalue weighted by atomic mass is 10.0. The third-order valence-electron chi connectivity index (χ3n) is 14.1. The minimum Gasteiger partial charge on any atom is -0.394 e. The van der Waals surface area contributed by atoms with Crippen molar-refractivity contribution in [1.82, 2.24) is 5.32 Å². The van der Waals surface area contributed by atoms with Crippen LogP contribution in [0.3, 0.4) is 0 Å². The maximum absolute atomic E-state index is 12.5. The van der Waals surface area contributed by atoms with Crippen LogP contribution in [0.2, 0.25) is 0 Å². The van der Waals surface area contributed by atoms with Crippen LogP contribution in [0.1, 0.15) is 348 Å². The van der Waals surface area contributed by atoms with Crippen molar-refractivity contribution in [1.29, 1.82) is 0 Å². The summed E-state index contributed by atoms with van der Waals surface area (Å²) in [4.78, 5) is 12.5. The van der Waals surface area contributed by atoms with Gasteiger partial charge in [-0.15, -0.1) is 0 Å². The van der Waals surface area contributed by atoms with E-state index in [2.05, 4.69) is 19.2 Å². The molecule has 0 heterocycles. The predicted octanol–water partition coefficient (Wildman–Crippen LogP) is 19.1. The van der Waals surface area contributed by atoms with Crippen molar-refractivity contribution in [3.05, 3.63) is 0 Å². The van der Waals surface area contributed by atoms with Crippen LogP contribution in [-0.2, 0) is 4.79 Å². The van der Waals surface area contributed by atoms with Gasteiger partial charge in [0.05, 0.1) is 18.8 Å². The highest BCUT2D eigenvalue weighted by molar-refractivity contribution is 5.76. The van der Waals surface area contributed by atoms with Crippen LogP contribution < -0.4 is 5.32 Å². The largest absolute Gasteiger partial charge is 0.394 e. The molecule has 62 heavy (non-hydrogen) atoms. The summed E-state index contributed by atoms with van der Waals surface area (Å²) in [6.07, 6.45) is 69.6. The zero-order chi connectivity index (χ0) is 44.9. The number of hydrogen-bond donors (Lipinski definition) is 3. The summed E-state index contributed by atoms with van der Waals surface area (Å²) in [6, 6.07) is -0.531. The number of aliphatic hydroxyl groups excluding tert-OH is 2. The number of rotatable bonds is 55. The van der Waals surface area contributed by atoms with E-state index in [-0.39, 0.29) is 12.5 Å². The van der Waals surface area contributed by atoms with Crippen molar-refractivity contribution in [3.63, 3.8) is 0 Å². The Morgan fingerprint density at radius 2 is 0.516 bits per heavy atom. The van der Waals surface area contributed by atoms with E-state index in [1.54, 1.807) is 0 Å². The molecule has 2 unspecified atom stereocenters. The summed E-state index contributed by atoms with van der Waals surface area (Å²) >= 11 is 0. The molecule has 1 amide bonds. The molecule has 3 N–H and O–H groups in total. The second-order valence-electron chi connectivity index (χ2n) is 20.4. The Morgan fingerprint density at radius 1 is 0.323 bits per heavy atom. The molecule has 0 aliphatic heterocycles. The van der Waals surface area contributed by atoms with E-state index in [0.29, 0.717) is 12.8 Å². The first-order valence-electron chi connectivity index (χ1n) is 29.2. The quantitative estimate of drug-likeness (QED) is 0.0533. The van der Waals surface area contributed by atoms with Crippen molar-refractivity contribution < 1.29 is 15.0 Å². The van der Waals surface area contributed by atoms with Gasteiger partial charge in [-0.3, -0.25) is 4.79 Å². The highest BCUT2D eigenvalue weighted by atomic mass is 16.3. The molecule has 0 aromatic heterocycles. The molecule has 0 bridgehead atoms. The van der Waals surface area contributed by atoms with Gasteiger partial charge in [0.25, 0.3) is 0 Å². The van der Waals surface area contributed by atoms with E-state index in [9.17, 15) is 15.0 Å². The van der Waals surface area contributed by atoms with Gasteiger partial charge in [-0.2, -0.15) is 0 Å². The van der Waals surface area contributed by atoms with Gasteiger partial charge in [0.1, 0.15) is 0 Å². The lowest BCUT2D eigenvalue weighted by molar-refractivity contribution is -0.123. The van der Waals surface area contributed by atoms with Gasteiger partial charge in [0, 0.05) is 6.42 Å². The third kappa shape index (κ3) is 50.4. The van der Waals surface area contributed by atoms with E-state index in [1.807, 2.05) is 0 Å². The summed E-state index contributed by atoms with van der Waals surface area (Å²) < 4.78 is 0. The summed E-state index contributed by atoms with van der Waals surface area (Å²) in [7, 11) is 0. The van der Waals surface area contributed by atoms with Crippen molar-refractivity contribution in [2.75, 3.05) is 6.61 Å². The first kappa shape index (κ1) is 61.4. The Kier molecular flexibility index (Phi) is 54.2. The molecule has 2 atom stereocenters. The van der Waals surface area contributed by atoms with Gasteiger partial charge in [-0.1, -0.05) is 328 Å². The Labute approximate surface area is 391 Å². The zero-order valence-corrected chi connectivity index (χ0v) is 42.9. The van der Waals surface area contributed by atoms with Crippen LogP contribution >= 0.6 is 0 Å². The molecule has 0 radical (unpaired) electrons. The minimum absolute atomic E-state index is 0.0218. The van der Waals surface area contributed by atoms with Crippen LogP contribution in [0.5, 0.6) is 0 Å². The molecular weight excluding hydrogens is 759 g/mol. The third-order valence-corrected chi connectivity index (χ3v) is 14.1. The molecule has 0 fully saturated rings. The van der Waals surface area contributed by atoms with Crippen LogP contribution in [0.15, 0.2) is 0 Å². The fraction of sp³-hybridized carbons (Fsp3) is 0.983. The summed E-state index contributed by atoms with van der Waals surface area (Å²) in [5.74, 6) is -0.0218. The van der Waals surface area contributed by atoms with E-state index < -0.39 is 12.1 Å². The van der Waals surface area contributed by atoms with Crippen LogP contribution in [0.4, 0.5) is 0 Å². The average molecular weight is 877 g/mol. The average Bonchev–Trinajstić information content (AvgIpc) is 3.28. The molecule has 4 heteroatoms. The molecule has 0 saturated heterocycles. The Bertz CT molecular complexity index is 819. The van der Waals surface area contributed by atoms with E-state index in [4.69, 9.17) is 0 Å². The second-order valence-corrected chi connectivity index (χ2v) is 20.4. The van der Waals surface area contributed by atoms with E-state index >= 15 is 0 Å². The van der Waals surface area contributed by atoms with Gasteiger partial charge >= 0.3 is 0 Å². The smallest absolute Gasteiger partial charge is 0.220 e. The van der Waals surface area contributed by atoms with Gasteiger partial charge in [-0.05, 0) is 12.8 Å². The molecule has 4 nitrogen and oxygen atoms in total. The molecule has 0 aliphatic rings. The molecular formula is C58H117NO3. The maximum atomic E-state index is 12.5. The molecule has 0 spiro atoms. The Morgan fingerprint density at radius 3 is 0.726 bits per heavy atom. The summed E-state index contributed by atoms with van der Waals surface area (Å²) in [5.41, 5.74) is 0. The number of amides is 1. The molecule has 0 aromatic rings. The number of hydrogen-bond acceptors (Lipinski definition) is 3. The molecule has 0 aromatic carbocycles. The van der Waals surface area contributed by atoms with Crippen molar-refractivity contribution in [3.8, 4) is 0 Å². The van der Waals surface area contributed by atoms with Gasteiger partial charge in [0.2, 0.25) is 5.91 Å².